The van der Waals surface area contributed by atoms with Crippen molar-refractivity contribution in [2.45, 2.75) is 31.8 Å². The van der Waals surface area contributed by atoms with Gasteiger partial charge < -0.3 is 4.98 Å². The van der Waals surface area contributed by atoms with Crippen LogP contribution in [0.3, 0.4) is 0 Å². The number of nitriles is 1. The van der Waals surface area contributed by atoms with E-state index in [2.05, 4.69) is 14.7 Å². The van der Waals surface area contributed by atoms with E-state index in [9.17, 15) is 8.42 Å². The van der Waals surface area contributed by atoms with Crippen LogP contribution in [0.5, 0.6) is 0 Å². The van der Waals surface area contributed by atoms with Crippen LogP contribution in [0.4, 0.5) is 0 Å². The summed E-state index contributed by atoms with van der Waals surface area (Å²) in [5, 5.41) is 8.79. The maximum atomic E-state index is 11.8. The molecule has 0 aliphatic rings. The minimum Gasteiger partial charge on any atom is -0.332 e. The Kier molecular flexibility index (Phi) is 3.67. The van der Waals surface area contributed by atoms with E-state index in [1.165, 1.54) is 6.20 Å². The molecule has 7 heteroatoms. The van der Waals surface area contributed by atoms with Crippen LogP contribution in [0.25, 0.3) is 0 Å². The molecule has 0 amide bonds. The van der Waals surface area contributed by atoms with E-state index in [1.807, 2.05) is 6.07 Å². The Morgan fingerprint density at radius 3 is 2.56 bits per heavy atom. The first kappa shape index (κ1) is 12.7. The molecule has 6 nitrogen and oxygen atoms in total. The topological polar surface area (TPSA) is 98.6 Å². The zero-order valence-corrected chi connectivity index (χ0v) is 10.2. The summed E-state index contributed by atoms with van der Waals surface area (Å²) < 4.78 is 25.9. The Balaban J connectivity index is 2.93. The average Bonchev–Trinajstić information content (AvgIpc) is 2.61. The van der Waals surface area contributed by atoms with Gasteiger partial charge >= 0.3 is 0 Å². The number of H-pyrrole nitrogens is 1. The highest BCUT2D eigenvalue weighted by Crippen LogP contribution is 2.08. The van der Waals surface area contributed by atoms with Gasteiger partial charge in [0.25, 0.3) is 10.0 Å². The second-order valence-corrected chi connectivity index (χ2v) is 5.49. The third-order valence-electron chi connectivity index (χ3n) is 2.06. The molecule has 0 saturated heterocycles. The molecule has 1 unspecified atom stereocenters. The number of nitrogens with one attached hydrogen (secondary N) is 2. The maximum absolute atomic E-state index is 11.8. The van der Waals surface area contributed by atoms with Crippen molar-refractivity contribution in [3.8, 4) is 6.07 Å². The summed E-state index contributed by atoms with van der Waals surface area (Å²) in [5.74, 6) is 0.419. The predicted octanol–water partition coefficient (Wildman–Crippen LogP) is 0.545. The van der Waals surface area contributed by atoms with Crippen LogP contribution in [0.1, 0.15) is 19.7 Å². The van der Waals surface area contributed by atoms with Crippen molar-refractivity contribution in [3.05, 3.63) is 12.0 Å². The Bertz CT molecular complexity index is 498. The summed E-state index contributed by atoms with van der Waals surface area (Å²) in [6.07, 6.45) is 1.23. The number of imidazole rings is 1. The molecule has 0 aliphatic heterocycles. The van der Waals surface area contributed by atoms with Gasteiger partial charge in [-0.25, -0.2) is 13.4 Å². The lowest BCUT2D eigenvalue weighted by Gasteiger charge is -2.13. The third-order valence-corrected chi connectivity index (χ3v) is 3.41. The molecule has 1 aromatic rings. The zero-order chi connectivity index (χ0) is 12.3. The minimum atomic E-state index is -3.69. The van der Waals surface area contributed by atoms with Gasteiger partial charge in [0.1, 0.15) is 11.9 Å². The fourth-order valence-electron chi connectivity index (χ4n) is 1.08. The van der Waals surface area contributed by atoms with Crippen LogP contribution in [-0.2, 0) is 10.0 Å². The van der Waals surface area contributed by atoms with E-state index in [0.717, 1.165) is 0 Å². The molecule has 0 fully saturated rings. The summed E-state index contributed by atoms with van der Waals surface area (Å²) in [6, 6.07) is 1.17. The smallest absolute Gasteiger partial charge is 0.258 e. The number of aromatic amines is 1. The SMILES string of the molecule is Cc1ncc(S(=O)(=O)NC(C#N)C(C)C)[nH]1. The Morgan fingerprint density at radius 1 is 1.56 bits per heavy atom. The van der Waals surface area contributed by atoms with Crippen LogP contribution in [0.15, 0.2) is 11.2 Å². The maximum Gasteiger partial charge on any atom is 0.258 e. The summed E-state index contributed by atoms with van der Waals surface area (Å²) in [6.45, 7) is 5.20. The number of aromatic nitrogens is 2. The second-order valence-electron chi connectivity index (χ2n) is 3.80. The monoisotopic (exact) mass is 242 g/mol. The molecular weight excluding hydrogens is 228 g/mol. The van der Waals surface area contributed by atoms with E-state index < -0.39 is 16.1 Å². The number of nitrogens with zero attached hydrogens (tertiary/aromatic N) is 2. The highest BCUT2D eigenvalue weighted by Gasteiger charge is 2.23. The van der Waals surface area contributed by atoms with Gasteiger partial charge in [-0.2, -0.15) is 9.98 Å². The molecular formula is C9H14N4O2S. The second kappa shape index (κ2) is 4.63. The van der Waals surface area contributed by atoms with Crippen LogP contribution in [-0.4, -0.2) is 24.4 Å². The van der Waals surface area contributed by atoms with Crippen molar-refractivity contribution in [2.75, 3.05) is 0 Å². The lowest BCUT2D eigenvalue weighted by Crippen LogP contribution is -2.37. The van der Waals surface area contributed by atoms with E-state index in [0.29, 0.717) is 5.82 Å². The van der Waals surface area contributed by atoms with E-state index in [4.69, 9.17) is 5.26 Å². The van der Waals surface area contributed by atoms with Gasteiger partial charge in [0, 0.05) is 0 Å². The summed E-state index contributed by atoms with van der Waals surface area (Å²) in [7, 11) is -3.69. The molecule has 0 bridgehead atoms. The lowest BCUT2D eigenvalue weighted by atomic mass is 10.1. The lowest BCUT2D eigenvalue weighted by molar-refractivity contribution is 0.513. The molecule has 1 atom stereocenters. The van der Waals surface area contributed by atoms with E-state index in [-0.39, 0.29) is 10.9 Å². The molecule has 1 aromatic heterocycles. The number of hydrogen-bond donors (Lipinski definition) is 2. The molecule has 2 N–H and O–H groups in total. The van der Waals surface area contributed by atoms with Crippen molar-refractivity contribution in [2.24, 2.45) is 5.92 Å². The number of hydrogen-bond acceptors (Lipinski definition) is 4. The fraction of sp³-hybridized carbons (Fsp3) is 0.556. The van der Waals surface area contributed by atoms with Crippen LogP contribution < -0.4 is 4.72 Å². The Morgan fingerprint density at radius 2 is 2.19 bits per heavy atom. The van der Waals surface area contributed by atoms with Crippen molar-refractivity contribution in [3.63, 3.8) is 0 Å². The molecule has 0 aromatic carbocycles. The molecule has 0 spiro atoms. The Hall–Kier alpha value is -1.39. The molecule has 1 rings (SSSR count). The van der Waals surface area contributed by atoms with Crippen LogP contribution in [0, 0.1) is 24.2 Å². The highest BCUT2D eigenvalue weighted by atomic mass is 32.2. The molecule has 0 saturated carbocycles. The van der Waals surface area contributed by atoms with Crippen molar-refractivity contribution < 1.29 is 8.42 Å². The quantitative estimate of drug-likeness (QED) is 0.805. The predicted molar refractivity (Wildman–Crippen MR) is 57.9 cm³/mol. The van der Waals surface area contributed by atoms with E-state index >= 15 is 0 Å². The fourth-order valence-corrected chi connectivity index (χ4v) is 2.34. The van der Waals surface area contributed by atoms with Gasteiger partial charge in [-0.1, -0.05) is 13.8 Å². The first-order chi connectivity index (χ1) is 7.36. The summed E-state index contributed by atoms with van der Waals surface area (Å²) >= 11 is 0. The highest BCUT2D eigenvalue weighted by molar-refractivity contribution is 7.89. The van der Waals surface area contributed by atoms with Crippen molar-refractivity contribution in [1.82, 2.24) is 14.7 Å². The van der Waals surface area contributed by atoms with Crippen LogP contribution >= 0.6 is 0 Å². The molecule has 88 valence electrons. The van der Waals surface area contributed by atoms with Gasteiger partial charge in [0.05, 0.1) is 12.3 Å². The normalized spacial score (nSPS) is 13.7. The van der Waals surface area contributed by atoms with Gasteiger partial charge in [-0.3, -0.25) is 0 Å². The zero-order valence-electron chi connectivity index (χ0n) is 9.35. The first-order valence-corrected chi connectivity index (χ1v) is 6.28. The Labute approximate surface area is 94.8 Å². The van der Waals surface area contributed by atoms with Crippen molar-refractivity contribution in [1.29, 1.82) is 5.26 Å². The third kappa shape index (κ3) is 2.81. The summed E-state index contributed by atoms with van der Waals surface area (Å²) in [5.41, 5.74) is 0. The van der Waals surface area contributed by atoms with E-state index in [1.54, 1.807) is 20.8 Å². The van der Waals surface area contributed by atoms with Crippen molar-refractivity contribution >= 4 is 10.0 Å². The van der Waals surface area contributed by atoms with Gasteiger partial charge in [-0.15, -0.1) is 0 Å². The largest absolute Gasteiger partial charge is 0.332 e. The molecule has 1 heterocycles. The average molecular weight is 242 g/mol. The summed E-state index contributed by atoms with van der Waals surface area (Å²) in [4.78, 5) is 6.42. The minimum absolute atomic E-state index is 0.0223. The molecule has 0 radical (unpaired) electrons. The molecule has 0 aliphatic carbocycles. The number of aryl methyl sites for hydroxylation is 1. The van der Waals surface area contributed by atoms with Crippen LogP contribution in [0.2, 0.25) is 0 Å². The number of rotatable bonds is 4. The van der Waals surface area contributed by atoms with Gasteiger partial charge in [0.15, 0.2) is 5.03 Å². The standard InChI is InChI=1S/C9H14N4O2S/c1-6(2)8(4-10)13-16(14,15)9-5-11-7(3)12-9/h5-6,8,13H,1-3H3,(H,11,12). The van der Waals surface area contributed by atoms with Gasteiger partial charge in [0.2, 0.25) is 0 Å². The molecule has 16 heavy (non-hydrogen) atoms. The first-order valence-electron chi connectivity index (χ1n) is 4.80. The van der Waals surface area contributed by atoms with Gasteiger partial charge in [-0.05, 0) is 12.8 Å². The number of sulfonamides is 1.